The van der Waals surface area contributed by atoms with E-state index in [1.54, 1.807) is 0 Å². The van der Waals surface area contributed by atoms with Gasteiger partial charge in [-0.1, -0.05) is 12.1 Å². The van der Waals surface area contributed by atoms with Crippen molar-refractivity contribution in [2.24, 2.45) is 0 Å². The summed E-state index contributed by atoms with van der Waals surface area (Å²) in [6, 6.07) is 4.00. The molecular weight excluding hydrogens is 224 g/mol. The second-order valence-electron chi connectivity index (χ2n) is 5.18. The minimum Gasteiger partial charge on any atom is -0.285 e. The topological polar surface area (TPSA) is 34.1 Å². The van der Waals surface area contributed by atoms with Crippen LogP contribution in [0.3, 0.4) is 0 Å². The summed E-state index contributed by atoms with van der Waals surface area (Å²) in [7, 11) is 0. The molecule has 0 spiro atoms. The van der Waals surface area contributed by atoms with Gasteiger partial charge in [-0.05, 0) is 55.3 Å². The molecule has 18 heavy (non-hydrogen) atoms. The number of ketones is 2. The molecule has 2 nitrogen and oxygen atoms in total. The minimum absolute atomic E-state index is 0.346. The molecule has 0 radical (unpaired) electrons. The van der Waals surface area contributed by atoms with Crippen LogP contribution in [0.25, 0.3) is 10.8 Å². The van der Waals surface area contributed by atoms with Gasteiger partial charge in [0.1, 0.15) is 0 Å². The Kier molecular flexibility index (Phi) is 2.03. The summed E-state index contributed by atoms with van der Waals surface area (Å²) in [6.07, 6.45) is 0. The smallest absolute Gasteiger partial charge is 0.234 e. The van der Waals surface area contributed by atoms with E-state index in [0.717, 1.165) is 33.0 Å². The molecule has 1 aliphatic carbocycles. The van der Waals surface area contributed by atoms with Crippen LogP contribution in [0, 0.1) is 27.7 Å². The maximum Gasteiger partial charge on any atom is 0.234 e. The largest absolute Gasteiger partial charge is 0.285 e. The number of carbonyl (C=O) groups excluding carboxylic acids is 2. The zero-order valence-electron chi connectivity index (χ0n) is 11.0. The molecule has 0 fully saturated rings. The third kappa shape index (κ3) is 1.13. The number of benzene rings is 2. The van der Waals surface area contributed by atoms with E-state index in [9.17, 15) is 9.59 Å². The van der Waals surface area contributed by atoms with Crippen LogP contribution < -0.4 is 0 Å². The Balaban J connectivity index is 2.70. The maximum atomic E-state index is 12.1. The molecule has 2 aromatic carbocycles. The molecule has 0 aliphatic heterocycles. The van der Waals surface area contributed by atoms with E-state index in [2.05, 4.69) is 0 Å². The van der Waals surface area contributed by atoms with Crippen LogP contribution in [0.5, 0.6) is 0 Å². The van der Waals surface area contributed by atoms with Crippen molar-refractivity contribution < 1.29 is 9.59 Å². The number of hydrogen-bond donors (Lipinski definition) is 0. The first-order valence-electron chi connectivity index (χ1n) is 6.06. The van der Waals surface area contributed by atoms with Crippen molar-refractivity contribution in [2.75, 3.05) is 0 Å². The Hall–Kier alpha value is -1.96. The van der Waals surface area contributed by atoms with Gasteiger partial charge in [-0.15, -0.1) is 0 Å². The van der Waals surface area contributed by atoms with E-state index in [1.807, 2.05) is 39.8 Å². The first-order valence-corrected chi connectivity index (χ1v) is 6.06. The van der Waals surface area contributed by atoms with Crippen LogP contribution in [0.1, 0.15) is 43.0 Å². The van der Waals surface area contributed by atoms with Crippen molar-refractivity contribution in [2.45, 2.75) is 27.7 Å². The van der Waals surface area contributed by atoms with Crippen molar-refractivity contribution in [1.29, 1.82) is 0 Å². The number of aryl methyl sites for hydroxylation is 4. The zero-order valence-corrected chi connectivity index (χ0v) is 11.0. The minimum atomic E-state index is -0.346. The normalized spacial score (nSPS) is 13.8. The Labute approximate surface area is 106 Å². The molecule has 0 unspecified atom stereocenters. The molecule has 90 valence electrons. The molecule has 0 bridgehead atoms. The third-order valence-corrected chi connectivity index (χ3v) is 3.85. The molecule has 0 N–H and O–H groups in total. The average Bonchev–Trinajstić information content (AvgIpc) is 2.51. The van der Waals surface area contributed by atoms with Gasteiger partial charge in [0.05, 0.1) is 0 Å². The molecule has 0 atom stereocenters. The molecule has 0 aromatic heterocycles. The van der Waals surface area contributed by atoms with Crippen molar-refractivity contribution in [3.05, 3.63) is 45.5 Å². The molecule has 1 aliphatic rings. The first kappa shape index (κ1) is 11.1. The monoisotopic (exact) mass is 238 g/mol. The highest BCUT2D eigenvalue weighted by atomic mass is 16.2. The van der Waals surface area contributed by atoms with E-state index in [4.69, 9.17) is 0 Å². The van der Waals surface area contributed by atoms with Gasteiger partial charge in [-0.25, -0.2) is 0 Å². The summed E-state index contributed by atoms with van der Waals surface area (Å²) in [6.45, 7) is 7.87. The van der Waals surface area contributed by atoms with Crippen LogP contribution in [-0.2, 0) is 0 Å². The summed E-state index contributed by atoms with van der Waals surface area (Å²) in [5.74, 6) is -0.692. The Morgan fingerprint density at radius 1 is 0.611 bits per heavy atom. The van der Waals surface area contributed by atoms with Gasteiger partial charge in [-0.3, -0.25) is 9.59 Å². The van der Waals surface area contributed by atoms with E-state index >= 15 is 0 Å². The van der Waals surface area contributed by atoms with Crippen molar-refractivity contribution >= 4 is 22.3 Å². The highest BCUT2D eigenvalue weighted by Crippen LogP contribution is 2.38. The molecule has 0 saturated carbocycles. The van der Waals surface area contributed by atoms with Crippen LogP contribution in [0.2, 0.25) is 0 Å². The molecule has 2 aromatic rings. The quantitative estimate of drug-likeness (QED) is 0.659. The SMILES string of the molecule is Cc1cc(C)c2c(C)cc(C)c3c2c1C(=O)C3=O. The lowest BCUT2D eigenvalue weighted by Gasteiger charge is -2.11. The van der Waals surface area contributed by atoms with E-state index in [1.165, 1.54) is 0 Å². The van der Waals surface area contributed by atoms with Gasteiger partial charge < -0.3 is 0 Å². The predicted molar refractivity (Wildman–Crippen MR) is 71.6 cm³/mol. The summed E-state index contributed by atoms with van der Waals surface area (Å²) in [4.78, 5) is 24.2. The Morgan fingerprint density at radius 2 is 1.00 bits per heavy atom. The molecule has 3 rings (SSSR count). The van der Waals surface area contributed by atoms with Gasteiger partial charge in [-0.2, -0.15) is 0 Å². The van der Waals surface area contributed by atoms with Gasteiger partial charge in [0, 0.05) is 16.5 Å². The Bertz CT molecular complexity index is 691. The van der Waals surface area contributed by atoms with Gasteiger partial charge in [0.25, 0.3) is 0 Å². The zero-order chi connectivity index (χ0) is 13.2. The third-order valence-electron chi connectivity index (χ3n) is 3.85. The van der Waals surface area contributed by atoms with Crippen LogP contribution in [0.4, 0.5) is 0 Å². The lowest BCUT2D eigenvalue weighted by molar-refractivity contribution is 0.0824. The van der Waals surface area contributed by atoms with Gasteiger partial charge in [0.2, 0.25) is 11.6 Å². The van der Waals surface area contributed by atoms with Crippen molar-refractivity contribution in [3.8, 4) is 0 Å². The highest BCUT2D eigenvalue weighted by molar-refractivity contribution is 6.58. The van der Waals surface area contributed by atoms with Crippen LogP contribution in [0.15, 0.2) is 12.1 Å². The fourth-order valence-electron chi connectivity index (χ4n) is 3.23. The first-order chi connectivity index (χ1) is 8.43. The molecular formula is C16H14O2. The van der Waals surface area contributed by atoms with Gasteiger partial charge >= 0.3 is 0 Å². The van der Waals surface area contributed by atoms with Crippen LogP contribution >= 0.6 is 0 Å². The maximum absolute atomic E-state index is 12.1. The number of rotatable bonds is 0. The van der Waals surface area contributed by atoms with E-state index < -0.39 is 0 Å². The Morgan fingerprint density at radius 3 is 1.39 bits per heavy atom. The number of hydrogen-bond acceptors (Lipinski definition) is 2. The van der Waals surface area contributed by atoms with Crippen LogP contribution in [-0.4, -0.2) is 11.6 Å². The lowest BCUT2D eigenvalue weighted by atomic mass is 9.91. The summed E-state index contributed by atoms with van der Waals surface area (Å²) < 4.78 is 0. The summed E-state index contributed by atoms with van der Waals surface area (Å²) in [5, 5.41) is 1.94. The van der Waals surface area contributed by atoms with E-state index in [0.29, 0.717) is 11.1 Å². The molecule has 0 amide bonds. The molecule has 0 heterocycles. The van der Waals surface area contributed by atoms with Crippen molar-refractivity contribution in [3.63, 3.8) is 0 Å². The summed E-state index contributed by atoms with van der Waals surface area (Å²) >= 11 is 0. The van der Waals surface area contributed by atoms with Gasteiger partial charge in [0.15, 0.2) is 0 Å². The average molecular weight is 238 g/mol. The second kappa shape index (κ2) is 3.29. The number of Topliss-reactive ketones (excluding diaryl/α,β-unsaturated/α-hetero) is 2. The highest BCUT2D eigenvalue weighted by Gasteiger charge is 2.34. The molecule has 0 saturated heterocycles. The fraction of sp³-hybridized carbons (Fsp3) is 0.250. The summed E-state index contributed by atoms with van der Waals surface area (Å²) in [5.41, 5.74) is 5.30. The van der Waals surface area contributed by atoms with Crippen molar-refractivity contribution in [1.82, 2.24) is 0 Å². The van der Waals surface area contributed by atoms with E-state index in [-0.39, 0.29) is 11.6 Å². The predicted octanol–water partition coefficient (Wildman–Crippen LogP) is 3.45. The molecule has 2 heteroatoms. The second-order valence-corrected chi connectivity index (χ2v) is 5.18. The number of carbonyl (C=O) groups is 2. The fourth-order valence-corrected chi connectivity index (χ4v) is 3.23. The standard InChI is InChI=1S/C16H14O2/c1-7-5-9(3)12-14-11(7)8(2)6-10(4)13(14)16(18)15(12)17/h5-6H,1-4H3. The lowest BCUT2D eigenvalue weighted by Crippen LogP contribution is -2.08.